The van der Waals surface area contributed by atoms with E-state index in [0.29, 0.717) is 10.6 Å². The summed E-state index contributed by atoms with van der Waals surface area (Å²) in [6.07, 6.45) is -6.30. The Hall–Kier alpha value is -2.53. The summed E-state index contributed by atoms with van der Waals surface area (Å²) in [6.45, 7) is 4.68. The van der Waals surface area contributed by atoms with E-state index in [1.807, 2.05) is 20.8 Å². The lowest BCUT2D eigenvalue weighted by atomic mass is 9.85. The highest BCUT2D eigenvalue weighted by atomic mass is 35.5. The fraction of sp³-hybridized carbons (Fsp3) is 0.526. The van der Waals surface area contributed by atoms with E-state index >= 15 is 0 Å². The molecule has 0 saturated heterocycles. The molecule has 1 unspecified atom stereocenters. The number of halogens is 4. The van der Waals surface area contributed by atoms with Gasteiger partial charge >= 0.3 is 17.2 Å². The van der Waals surface area contributed by atoms with Gasteiger partial charge in [0.2, 0.25) is 6.10 Å². The molecule has 1 N–H and O–H groups in total. The molecule has 172 valence electrons. The van der Waals surface area contributed by atoms with E-state index in [1.165, 1.54) is 12.1 Å². The number of hydrogen-bond acceptors (Lipinski definition) is 6. The SMILES string of the molecule is CC(C)(C)c1cc2c(cc1Cl)C=C(C(=O)OCCOCCO[N+](=O)O)C(C(F)(F)F)O2. The second kappa shape index (κ2) is 9.73. The second-order valence-electron chi connectivity index (χ2n) is 7.58. The molecule has 1 aromatic rings. The van der Waals surface area contributed by atoms with Crippen molar-refractivity contribution in [1.82, 2.24) is 0 Å². The maximum atomic E-state index is 13.6. The van der Waals surface area contributed by atoms with Crippen LogP contribution in [0, 0.1) is 4.91 Å². The quantitative estimate of drug-likeness (QED) is 0.350. The van der Waals surface area contributed by atoms with Crippen LogP contribution >= 0.6 is 11.6 Å². The van der Waals surface area contributed by atoms with Gasteiger partial charge in [-0.25, -0.2) is 10.0 Å². The van der Waals surface area contributed by atoms with Crippen molar-refractivity contribution in [3.05, 3.63) is 38.8 Å². The number of benzene rings is 1. The van der Waals surface area contributed by atoms with Gasteiger partial charge in [-0.1, -0.05) is 32.4 Å². The van der Waals surface area contributed by atoms with Crippen LogP contribution < -0.4 is 4.74 Å². The van der Waals surface area contributed by atoms with E-state index < -0.39 is 34.3 Å². The first-order chi connectivity index (χ1) is 14.3. The summed E-state index contributed by atoms with van der Waals surface area (Å²) in [4.78, 5) is 26.5. The van der Waals surface area contributed by atoms with Crippen LogP contribution in [0.4, 0.5) is 13.2 Å². The molecule has 1 aliphatic rings. The Morgan fingerprint density at radius 2 is 1.84 bits per heavy atom. The smallest absolute Gasteiger partial charge is 0.475 e. The van der Waals surface area contributed by atoms with Crippen LogP contribution in [0.25, 0.3) is 6.08 Å². The van der Waals surface area contributed by atoms with E-state index in [2.05, 4.69) is 4.84 Å². The monoisotopic (exact) mass is 468 g/mol. The average Bonchev–Trinajstić information content (AvgIpc) is 2.63. The van der Waals surface area contributed by atoms with Gasteiger partial charge in [0, 0.05) is 10.6 Å². The molecule has 1 heterocycles. The van der Waals surface area contributed by atoms with Crippen LogP contribution in [0.1, 0.15) is 31.9 Å². The van der Waals surface area contributed by atoms with E-state index in [-0.39, 0.29) is 37.7 Å². The lowest BCUT2D eigenvalue weighted by molar-refractivity contribution is -0.975. The number of esters is 1. The van der Waals surface area contributed by atoms with Gasteiger partial charge in [-0.3, -0.25) is 0 Å². The minimum Gasteiger partial charge on any atom is -0.475 e. The summed E-state index contributed by atoms with van der Waals surface area (Å²) >= 11 is 6.27. The Labute approximate surface area is 181 Å². The maximum absolute atomic E-state index is 13.6. The number of nitrogens with zero attached hydrogens (tertiary/aromatic N) is 1. The van der Waals surface area contributed by atoms with Crippen molar-refractivity contribution in [2.24, 2.45) is 0 Å². The molecule has 0 aromatic heterocycles. The van der Waals surface area contributed by atoms with Crippen molar-refractivity contribution in [3.63, 3.8) is 0 Å². The van der Waals surface area contributed by atoms with E-state index in [1.54, 1.807) is 0 Å². The number of hydrogen-bond donors (Lipinski definition) is 1. The summed E-state index contributed by atoms with van der Waals surface area (Å²) in [7, 11) is 0. The first-order valence-corrected chi connectivity index (χ1v) is 9.51. The molecular weight excluding hydrogens is 447 g/mol. The molecule has 1 atom stereocenters. The van der Waals surface area contributed by atoms with Crippen LogP contribution in [-0.2, 0) is 24.5 Å². The van der Waals surface area contributed by atoms with Crippen LogP contribution in [0.5, 0.6) is 5.75 Å². The van der Waals surface area contributed by atoms with Crippen molar-refractivity contribution >= 4 is 23.6 Å². The number of rotatable bonds is 8. The molecule has 1 aromatic carbocycles. The van der Waals surface area contributed by atoms with E-state index in [9.17, 15) is 22.9 Å². The predicted molar refractivity (Wildman–Crippen MR) is 102 cm³/mol. The molecular formula is C19H22ClF3NO7+. The summed E-state index contributed by atoms with van der Waals surface area (Å²) in [6, 6.07) is 2.89. The predicted octanol–water partition coefficient (Wildman–Crippen LogP) is 4.00. The van der Waals surface area contributed by atoms with Crippen molar-refractivity contribution in [3.8, 4) is 5.75 Å². The first kappa shape index (κ1) is 24.7. The van der Waals surface area contributed by atoms with Gasteiger partial charge in [-0.2, -0.15) is 18.0 Å². The molecule has 0 amide bonds. The van der Waals surface area contributed by atoms with Gasteiger partial charge in [0.25, 0.3) is 0 Å². The topological polar surface area (TPSA) is 94.3 Å². The number of ether oxygens (including phenoxy) is 3. The third-order valence-corrected chi connectivity index (χ3v) is 4.48. The molecule has 0 aliphatic carbocycles. The summed E-state index contributed by atoms with van der Waals surface area (Å²) < 4.78 is 55.7. The molecule has 2 rings (SSSR count). The van der Waals surface area contributed by atoms with Gasteiger partial charge < -0.3 is 14.2 Å². The minimum atomic E-state index is -4.85. The van der Waals surface area contributed by atoms with Gasteiger partial charge in [0.15, 0.2) is 6.61 Å². The Bertz CT molecular complexity index is 865. The van der Waals surface area contributed by atoms with Gasteiger partial charge in [0.05, 0.1) is 18.8 Å². The molecule has 0 radical (unpaired) electrons. The zero-order chi connectivity index (χ0) is 23.4. The van der Waals surface area contributed by atoms with Gasteiger partial charge in [0.1, 0.15) is 17.3 Å². The summed E-state index contributed by atoms with van der Waals surface area (Å²) in [5, 5.41) is 7.80. The van der Waals surface area contributed by atoms with Crippen LogP contribution in [0.3, 0.4) is 0 Å². The van der Waals surface area contributed by atoms with Crippen molar-refractivity contribution < 1.29 is 47.3 Å². The van der Waals surface area contributed by atoms with Crippen molar-refractivity contribution in [2.75, 3.05) is 26.4 Å². The summed E-state index contributed by atoms with van der Waals surface area (Å²) in [5.41, 5.74) is -0.314. The Morgan fingerprint density at radius 1 is 1.19 bits per heavy atom. The lowest BCUT2D eigenvalue weighted by Gasteiger charge is -2.30. The summed E-state index contributed by atoms with van der Waals surface area (Å²) in [5.74, 6) is -1.25. The number of fused-ring (bicyclic) bond motifs is 1. The van der Waals surface area contributed by atoms with Crippen molar-refractivity contribution in [1.29, 1.82) is 0 Å². The Balaban J connectivity index is 2.14. The highest BCUT2D eigenvalue weighted by Crippen LogP contribution is 2.42. The molecule has 8 nitrogen and oxygen atoms in total. The first-order valence-electron chi connectivity index (χ1n) is 9.13. The molecule has 12 heteroatoms. The standard InChI is InChI=1S/C19H22ClF3NO7/c1-18(2,3)13-10-15-11(9-14(13)20)8-12(16(31-15)19(21,22)23)17(25)29-6-4-28-5-7-30-24(26)27/h8-10,16H,4-7H2,1-3H3,(H,26,27)/q+1. The zero-order valence-corrected chi connectivity index (χ0v) is 17.7. The van der Waals surface area contributed by atoms with E-state index in [0.717, 1.165) is 6.08 Å². The Morgan fingerprint density at radius 3 is 2.42 bits per heavy atom. The molecule has 0 saturated carbocycles. The van der Waals surface area contributed by atoms with Crippen LogP contribution in [-0.4, -0.2) is 55.0 Å². The van der Waals surface area contributed by atoms with Gasteiger partial charge in [-0.05, 0) is 29.2 Å². The number of alkyl halides is 3. The minimum absolute atomic E-state index is 0.0344. The van der Waals surface area contributed by atoms with Crippen molar-refractivity contribution in [2.45, 2.75) is 38.5 Å². The number of carbonyl (C=O) groups is 1. The molecule has 1 aliphatic heterocycles. The fourth-order valence-corrected chi connectivity index (χ4v) is 3.21. The normalized spacial score (nSPS) is 16.1. The Kier molecular flexibility index (Phi) is 7.77. The highest BCUT2D eigenvalue weighted by molar-refractivity contribution is 6.31. The maximum Gasteiger partial charge on any atom is 0.475 e. The number of carbonyl (C=O) groups excluding carboxylic acids is 1. The third kappa shape index (κ3) is 6.73. The molecule has 0 bridgehead atoms. The molecule has 0 fully saturated rings. The highest BCUT2D eigenvalue weighted by Gasteiger charge is 2.49. The van der Waals surface area contributed by atoms with Crippen LogP contribution in [0.15, 0.2) is 17.7 Å². The molecule has 31 heavy (non-hydrogen) atoms. The lowest BCUT2D eigenvalue weighted by Crippen LogP contribution is -2.41. The largest absolute Gasteiger partial charge is 0.475 e. The third-order valence-electron chi connectivity index (χ3n) is 4.17. The van der Waals surface area contributed by atoms with Gasteiger partial charge in [-0.15, -0.1) is 0 Å². The second-order valence-corrected chi connectivity index (χ2v) is 7.99. The average molecular weight is 469 g/mol. The fourth-order valence-electron chi connectivity index (χ4n) is 2.75. The van der Waals surface area contributed by atoms with E-state index in [4.69, 9.17) is 31.0 Å². The molecule has 0 spiro atoms. The zero-order valence-electron chi connectivity index (χ0n) is 17.0. The van der Waals surface area contributed by atoms with Crippen LogP contribution in [0.2, 0.25) is 5.02 Å².